The minimum Gasteiger partial charge on any atom is -0.498 e. The molecule has 1 aliphatic rings. The highest BCUT2D eigenvalue weighted by Crippen LogP contribution is 2.21. The third-order valence-corrected chi connectivity index (χ3v) is 2.87. The molecular formula is C10H8NO2S-. The SMILES string of the molecule is COc1ccccc1C1=N[C-]=CS1=O. The highest BCUT2D eigenvalue weighted by Gasteiger charge is 2.07. The van der Waals surface area contributed by atoms with Gasteiger partial charge in [-0.25, -0.2) is 0 Å². The largest absolute Gasteiger partial charge is 0.498 e. The first-order valence-electron chi connectivity index (χ1n) is 4.03. The van der Waals surface area contributed by atoms with Gasteiger partial charge in [-0.05, 0) is 27.5 Å². The molecule has 2 rings (SSSR count). The van der Waals surface area contributed by atoms with E-state index < -0.39 is 10.8 Å². The molecule has 72 valence electrons. The molecule has 0 N–H and O–H groups in total. The summed E-state index contributed by atoms with van der Waals surface area (Å²) in [5.74, 6) is 0.678. The number of hydrogen-bond acceptors (Lipinski definition) is 3. The van der Waals surface area contributed by atoms with Crippen LogP contribution in [-0.2, 0) is 10.8 Å². The molecular weight excluding hydrogens is 198 g/mol. The zero-order valence-electron chi connectivity index (χ0n) is 7.56. The fourth-order valence-corrected chi connectivity index (χ4v) is 2.01. The monoisotopic (exact) mass is 206 g/mol. The first kappa shape index (κ1) is 9.15. The number of aliphatic imine (C=N–C) groups is 1. The van der Waals surface area contributed by atoms with Crippen molar-refractivity contribution in [3.8, 4) is 5.75 Å². The molecule has 0 saturated carbocycles. The molecule has 1 atom stereocenters. The quantitative estimate of drug-likeness (QED) is 0.687. The Kier molecular flexibility index (Phi) is 2.45. The lowest BCUT2D eigenvalue weighted by atomic mass is 10.2. The number of methoxy groups -OCH3 is 1. The van der Waals surface area contributed by atoms with Gasteiger partial charge in [-0.2, -0.15) is 0 Å². The van der Waals surface area contributed by atoms with Crippen LogP contribution >= 0.6 is 0 Å². The van der Waals surface area contributed by atoms with Gasteiger partial charge in [-0.1, -0.05) is 23.6 Å². The van der Waals surface area contributed by atoms with E-state index >= 15 is 0 Å². The highest BCUT2D eigenvalue weighted by molar-refractivity contribution is 8.04. The fourth-order valence-electron chi connectivity index (χ4n) is 1.22. The van der Waals surface area contributed by atoms with Gasteiger partial charge in [-0.15, -0.1) is 6.20 Å². The van der Waals surface area contributed by atoms with Gasteiger partial charge in [0.2, 0.25) is 0 Å². The lowest BCUT2D eigenvalue weighted by molar-refractivity contribution is 0.414. The van der Waals surface area contributed by atoms with E-state index in [0.29, 0.717) is 10.8 Å². The second kappa shape index (κ2) is 3.75. The van der Waals surface area contributed by atoms with Gasteiger partial charge in [-0.3, -0.25) is 4.21 Å². The van der Waals surface area contributed by atoms with Crippen LogP contribution in [0.2, 0.25) is 0 Å². The smallest absolute Gasteiger partial charge is 0.110 e. The van der Waals surface area contributed by atoms with Gasteiger partial charge in [0.15, 0.2) is 0 Å². The molecule has 0 bridgehead atoms. The Labute approximate surface area is 84.6 Å². The number of rotatable bonds is 2. The van der Waals surface area contributed by atoms with Crippen LogP contribution in [0.15, 0.2) is 34.7 Å². The molecule has 1 aromatic rings. The average Bonchev–Trinajstić information content (AvgIpc) is 2.64. The second-order valence-electron chi connectivity index (χ2n) is 2.66. The lowest BCUT2D eigenvalue weighted by Gasteiger charge is -2.12. The summed E-state index contributed by atoms with van der Waals surface area (Å²) in [7, 11) is 0.388. The number of ether oxygens (including phenoxy) is 1. The minimum absolute atomic E-state index is 0.502. The molecule has 1 heterocycles. The highest BCUT2D eigenvalue weighted by atomic mass is 32.2. The Morgan fingerprint density at radius 3 is 2.86 bits per heavy atom. The Bertz CT molecular complexity index is 438. The zero-order chi connectivity index (χ0) is 9.97. The van der Waals surface area contributed by atoms with Crippen molar-refractivity contribution in [3.63, 3.8) is 0 Å². The van der Waals surface area contributed by atoms with Crippen molar-refractivity contribution in [2.24, 2.45) is 4.99 Å². The third-order valence-electron chi connectivity index (χ3n) is 1.85. The molecule has 1 unspecified atom stereocenters. The fraction of sp³-hybridized carbons (Fsp3) is 0.100. The average molecular weight is 206 g/mol. The van der Waals surface area contributed by atoms with E-state index in [1.54, 1.807) is 7.11 Å². The Balaban J connectivity index is 2.47. The standard InChI is InChI=1S/C10H8NO2S/c1-13-9-5-3-2-4-8(9)10-11-6-7-14(10)12/h2-5,7H,1H3/q-1. The Morgan fingerprint density at radius 2 is 2.21 bits per heavy atom. The lowest BCUT2D eigenvalue weighted by Crippen LogP contribution is -2.05. The molecule has 14 heavy (non-hydrogen) atoms. The first-order valence-corrected chi connectivity index (χ1v) is 5.25. The van der Waals surface area contributed by atoms with Gasteiger partial charge in [0.25, 0.3) is 0 Å². The zero-order valence-corrected chi connectivity index (χ0v) is 8.38. The van der Waals surface area contributed by atoms with Crippen molar-refractivity contribution >= 4 is 15.8 Å². The molecule has 0 radical (unpaired) electrons. The van der Waals surface area contributed by atoms with E-state index in [-0.39, 0.29) is 0 Å². The second-order valence-corrected chi connectivity index (χ2v) is 3.88. The van der Waals surface area contributed by atoms with Crippen molar-refractivity contribution in [1.29, 1.82) is 0 Å². The topological polar surface area (TPSA) is 38.7 Å². The van der Waals surface area contributed by atoms with Crippen molar-refractivity contribution < 1.29 is 8.95 Å². The summed E-state index contributed by atoms with van der Waals surface area (Å²) in [5.41, 5.74) is 0.759. The van der Waals surface area contributed by atoms with Crippen molar-refractivity contribution in [2.75, 3.05) is 7.11 Å². The molecule has 0 aliphatic carbocycles. The molecule has 0 saturated heterocycles. The molecule has 0 fully saturated rings. The van der Waals surface area contributed by atoms with Crippen molar-refractivity contribution in [1.82, 2.24) is 0 Å². The maximum atomic E-state index is 11.4. The van der Waals surface area contributed by atoms with Gasteiger partial charge in [0.1, 0.15) is 5.75 Å². The summed E-state index contributed by atoms with van der Waals surface area (Å²) >= 11 is 0. The van der Waals surface area contributed by atoms with E-state index in [4.69, 9.17) is 4.74 Å². The van der Waals surface area contributed by atoms with Crippen LogP contribution in [0.5, 0.6) is 5.75 Å². The van der Waals surface area contributed by atoms with Crippen molar-refractivity contribution in [3.05, 3.63) is 41.4 Å². The van der Waals surface area contributed by atoms with Crippen LogP contribution in [-0.4, -0.2) is 16.4 Å². The van der Waals surface area contributed by atoms with Crippen molar-refractivity contribution in [2.45, 2.75) is 0 Å². The van der Waals surface area contributed by atoms with E-state index in [0.717, 1.165) is 5.56 Å². The van der Waals surface area contributed by atoms with Crippen LogP contribution < -0.4 is 4.74 Å². The molecule has 3 nitrogen and oxygen atoms in total. The summed E-state index contributed by atoms with van der Waals surface area (Å²) < 4.78 is 16.6. The summed E-state index contributed by atoms with van der Waals surface area (Å²) in [4.78, 5) is 3.93. The number of hydrogen-bond donors (Lipinski definition) is 0. The Morgan fingerprint density at radius 1 is 1.43 bits per heavy atom. The molecule has 1 aliphatic heterocycles. The Hall–Kier alpha value is -1.42. The summed E-state index contributed by atoms with van der Waals surface area (Å²) in [6.45, 7) is 0. The van der Waals surface area contributed by atoms with Crippen LogP contribution in [0.1, 0.15) is 5.56 Å². The molecule has 0 spiro atoms. The van der Waals surface area contributed by atoms with E-state index in [1.807, 2.05) is 24.3 Å². The van der Waals surface area contributed by atoms with E-state index in [1.165, 1.54) is 5.41 Å². The van der Waals surface area contributed by atoms with E-state index in [9.17, 15) is 4.21 Å². The summed E-state index contributed by atoms with van der Waals surface area (Å²) in [6, 6.07) is 7.36. The molecule has 4 heteroatoms. The van der Waals surface area contributed by atoms with Gasteiger partial charge < -0.3 is 9.73 Å². The normalized spacial score (nSPS) is 19.5. The number of nitrogens with zero attached hydrogens (tertiary/aromatic N) is 1. The van der Waals surface area contributed by atoms with Gasteiger partial charge in [0.05, 0.1) is 7.11 Å². The minimum atomic E-state index is -1.19. The summed E-state index contributed by atoms with van der Waals surface area (Å²) in [6.07, 6.45) is 2.58. The van der Waals surface area contributed by atoms with Crippen LogP contribution in [0.4, 0.5) is 0 Å². The van der Waals surface area contributed by atoms with Gasteiger partial charge >= 0.3 is 0 Å². The van der Waals surface area contributed by atoms with Gasteiger partial charge in [0, 0.05) is 0 Å². The van der Waals surface area contributed by atoms with Crippen LogP contribution in [0, 0.1) is 6.20 Å². The first-order chi connectivity index (χ1) is 6.83. The molecule has 1 aromatic carbocycles. The maximum absolute atomic E-state index is 11.4. The predicted molar refractivity (Wildman–Crippen MR) is 55.5 cm³/mol. The maximum Gasteiger partial charge on any atom is 0.110 e. The van der Waals surface area contributed by atoms with Crippen LogP contribution in [0.25, 0.3) is 0 Å². The molecule has 0 amide bonds. The van der Waals surface area contributed by atoms with E-state index in [2.05, 4.69) is 11.2 Å². The number of benzene rings is 1. The van der Waals surface area contributed by atoms with Crippen LogP contribution in [0.3, 0.4) is 0 Å². The summed E-state index contributed by atoms with van der Waals surface area (Å²) in [5, 5.41) is 1.93. The third kappa shape index (κ3) is 1.48. The number of para-hydroxylation sites is 1. The molecule has 0 aromatic heterocycles. The predicted octanol–water partition coefficient (Wildman–Crippen LogP) is 1.48.